The van der Waals surface area contributed by atoms with Crippen LogP contribution in [0.4, 0.5) is 0 Å². The predicted molar refractivity (Wildman–Crippen MR) is 95.3 cm³/mol. The fraction of sp³-hybridized carbons (Fsp3) is 0.632. The molecule has 2 unspecified atom stereocenters. The van der Waals surface area contributed by atoms with Crippen molar-refractivity contribution in [3.8, 4) is 5.75 Å². The van der Waals surface area contributed by atoms with Crippen LogP contribution in [0.15, 0.2) is 24.3 Å². The van der Waals surface area contributed by atoms with Gasteiger partial charge in [-0.25, -0.2) is 0 Å². The van der Waals surface area contributed by atoms with E-state index in [1.165, 1.54) is 0 Å². The summed E-state index contributed by atoms with van der Waals surface area (Å²) >= 11 is 0. The van der Waals surface area contributed by atoms with Crippen molar-refractivity contribution in [1.29, 1.82) is 0 Å². The maximum absolute atomic E-state index is 12.6. The van der Waals surface area contributed by atoms with Crippen LogP contribution in [0.1, 0.15) is 38.2 Å². The molecule has 1 amide bonds. The zero-order chi connectivity index (χ0) is 17.5. The Bertz CT molecular complexity index is 506. The van der Waals surface area contributed by atoms with Gasteiger partial charge in [-0.3, -0.25) is 9.69 Å². The second kappa shape index (κ2) is 9.04. The van der Waals surface area contributed by atoms with Crippen LogP contribution in [0.2, 0.25) is 0 Å². The molecular weight excluding hydrogens is 304 g/mol. The first-order valence-electron chi connectivity index (χ1n) is 8.85. The average molecular weight is 334 g/mol. The van der Waals surface area contributed by atoms with Gasteiger partial charge in [-0.05, 0) is 30.0 Å². The Morgan fingerprint density at radius 1 is 1.21 bits per heavy atom. The summed E-state index contributed by atoms with van der Waals surface area (Å²) < 4.78 is 5.18. The standard InChI is InChI=1S/C19H30N2O3/c1-4-17(14-22)20-9-11-21(12-10-20)19(23)13-15(2)16-5-7-18(24-3)8-6-16/h5-8,15,17,22H,4,9-14H2,1-3H3. The van der Waals surface area contributed by atoms with E-state index in [1.807, 2.05) is 29.2 Å². The molecule has 134 valence electrons. The molecule has 1 aliphatic rings. The maximum atomic E-state index is 12.6. The molecule has 2 rings (SSSR count). The fourth-order valence-electron chi connectivity index (χ4n) is 3.28. The molecule has 24 heavy (non-hydrogen) atoms. The minimum absolute atomic E-state index is 0.193. The van der Waals surface area contributed by atoms with Crippen LogP contribution in [-0.4, -0.2) is 66.8 Å². The van der Waals surface area contributed by atoms with Crippen LogP contribution in [0.25, 0.3) is 0 Å². The molecule has 0 spiro atoms. The number of amides is 1. The lowest BCUT2D eigenvalue weighted by atomic mass is 9.97. The van der Waals surface area contributed by atoms with Gasteiger partial charge in [0.2, 0.25) is 5.91 Å². The molecule has 1 aromatic carbocycles. The molecule has 1 saturated heterocycles. The molecule has 5 heteroatoms. The summed E-state index contributed by atoms with van der Waals surface area (Å²) in [6.45, 7) is 7.58. The first-order chi connectivity index (χ1) is 11.6. The second-order valence-electron chi connectivity index (χ2n) is 6.54. The highest BCUT2D eigenvalue weighted by atomic mass is 16.5. The van der Waals surface area contributed by atoms with Crippen molar-refractivity contribution in [3.05, 3.63) is 29.8 Å². The van der Waals surface area contributed by atoms with E-state index in [9.17, 15) is 9.90 Å². The van der Waals surface area contributed by atoms with Crippen molar-refractivity contribution in [3.63, 3.8) is 0 Å². The first-order valence-corrected chi connectivity index (χ1v) is 8.85. The SMILES string of the molecule is CCC(CO)N1CCN(C(=O)CC(C)c2ccc(OC)cc2)CC1. The third kappa shape index (κ3) is 4.71. The molecule has 1 fully saturated rings. The van der Waals surface area contributed by atoms with E-state index in [2.05, 4.69) is 18.7 Å². The minimum atomic E-state index is 0.193. The summed E-state index contributed by atoms with van der Waals surface area (Å²) in [7, 11) is 1.65. The summed E-state index contributed by atoms with van der Waals surface area (Å²) in [5.74, 6) is 1.25. The quantitative estimate of drug-likeness (QED) is 0.830. The first kappa shape index (κ1) is 18.7. The minimum Gasteiger partial charge on any atom is -0.497 e. The van der Waals surface area contributed by atoms with Gasteiger partial charge < -0.3 is 14.7 Å². The van der Waals surface area contributed by atoms with E-state index >= 15 is 0 Å². The number of hydrogen-bond donors (Lipinski definition) is 1. The van der Waals surface area contributed by atoms with Crippen molar-refractivity contribution < 1.29 is 14.6 Å². The zero-order valence-electron chi connectivity index (χ0n) is 15.1. The Hall–Kier alpha value is -1.59. The normalized spacial score (nSPS) is 18.2. The molecular formula is C19H30N2O3. The molecule has 1 N–H and O–H groups in total. The van der Waals surface area contributed by atoms with Crippen LogP contribution in [0.3, 0.4) is 0 Å². The van der Waals surface area contributed by atoms with Crippen LogP contribution in [0.5, 0.6) is 5.75 Å². The van der Waals surface area contributed by atoms with Gasteiger partial charge in [0.1, 0.15) is 5.75 Å². The summed E-state index contributed by atoms with van der Waals surface area (Å²) in [5, 5.41) is 9.40. The monoisotopic (exact) mass is 334 g/mol. The van der Waals surface area contributed by atoms with Crippen LogP contribution >= 0.6 is 0 Å². The van der Waals surface area contributed by atoms with Crippen LogP contribution in [-0.2, 0) is 4.79 Å². The van der Waals surface area contributed by atoms with E-state index < -0.39 is 0 Å². The van der Waals surface area contributed by atoms with Gasteiger partial charge in [-0.15, -0.1) is 0 Å². The number of piperazine rings is 1. The van der Waals surface area contributed by atoms with Crippen molar-refractivity contribution in [1.82, 2.24) is 9.80 Å². The highest BCUT2D eigenvalue weighted by Gasteiger charge is 2.25. The van der Waals surface area contributed by atoms with E-state index in [0.717, 1.165) is 43.9 Å². The van der Waals surface area contributed by atoms with Crippen LogP contribution in [0, 0.1) is 0 Å². The summed E-state index contributed by atoms with van der Waals surface area (Å²) in [6.07, 6.45) is 1.47. The number of carbonyl (C=O) groups is 1. The van der Waals surface area contributed by atoms with Crippen molar-refractivity contribution in [2.45, 2.75) is 38.6 Å². The Balaban J connectivity index is 1.84. The van der Waals surface area contributed by atoms with Gasteiger partial charge >= 0.3 is 0 Å². The number of benzene rings is 1. The fourth-order valence-corrected chi connectivity index (χ4v) is 3.28. The number of ether oxygens (including phenoxy) is 1. The number of carbonyl (C=O) groups excluding carboxylic acids is 1. The summed E-state index contributed by atoms with van der Waals surface area (Å²) in [4.78, 5) is 16.8. The van der Waals surface area contributed by atoms with Gasteiger partial charge in [0.15, 0.2) is 0 Å². The van der Waals surface area contributed by atoms with E-state index in [1.54, 1.807) is 7.11 Å². The highest BCUT2D eigenvalue weighted by molar-refractivity contribution is 5.77. The van der Waals surface area contributed by atoms with E-state index in [-0.39, 0.29) is 24.5 Å². The molecule has 1 aromatic rings. The van der Waals surface area contributed by atoms with Gasteiger partial charge in [-0.2, -0.15) is 0 Å². The average Bonchev–Trinajstić information content (AvgIpc) is 2.63. The lowest BCUT2D eigenvalue weighted by molar-refractivity contribution is -0.133. The Kier molecular flexibility index (Phi) is 7.06. The summed E-state index contributed by atoms with van der Waals surface area (Å²) in [5.41, 5.74) is 1.16. The Labute approximate surface area is 145 Å². The lowest BCUT2D eigenvalue weighted by Gasteiger charge is -2.38. The van der Waals surface area contributed by atoms with Crippen molar-refractivity contribution in [2.75, 3.05) is 39.9 Å². The molecule has 0 aromatic heterocycles. The zero-order valence-corrected chi connectivity index (χ0v) is 15.1. The third-order valence-electron chi connectivity index (χ3n) is 5.03. The molecule has 0 aliphatic carbocycles. The molecule has 0 saturated carbocycles. The second-order valence-corrected chi connectivity index (χ2v) is 6.54. The Morgan fingerprint density at radius 2 is 1.83 bits per heavy atom. The maximum Gasteiger partial charge on any atom is 0.223 e. The number of nitrogens with zero attached hydrogens (tertiary/aromatic N) is 2. The molecule has 0 radical (unpaired) electrons. The van der Waals surface area contributed by atoms with Gasteiger partial charge in [0.05, 0.1) is 13.7 Å². The predicted octanol–water partition coefficient (Wildman–Crippen LogP) is 2.10. The lowest BCUT2D eigenvalue weighted by Crippen LogP contribution is -2.52. The van der Waals surface area contributed by atoms with Crippen molar-refractivity contribution >= 4 is 5.91 Å². The number of rotatable bonds is 7. The largest absolute Gasteiger partial charge is 0.497 e. The van der Waals surface area contributed by atoms with E-state index in [4.69, 9.17) is 4.74 Å². The van der Waals surface area contributed by atoms with E-state index in [0.29, 0.717) is 6.42 Å². The highest BCUT2D eigenvalue weighted by Crippen LogP contribution is 2.23. The van der Waals surface area contributed by atoms with Gasteiger partial charge in [0.25, 0.3) is 0 Å². The number of methoxy groups -OCH3 is 1. The molecule has 5 nitrogen and oxygen atoms in total. The van der Waals surface area contributed by atoms with Gasteiger partial charge in [0, 0.05) is 38.6 Å². The summed E-state index contributed by atoms with van der Waals surface area (Å²) in [6, 6.07) is 8.16. The van der Waals surface area contributed by atoms with Gasteiger partial charge in [-0.1, -0.05) is 26.0 Å². The van der Waals surface area contributed by atoms with Crippen molar-refractivity contribution in [2.24, 2.45) is 0 Å². The third-order valence-corrected chi connectivity index (χ3v) is 5.03. The number of aliphatic hydroxyl groups excluding tert-OH is 1. The molecule has 0 bridgehead atoms. The molecule has 1 heterocycles. The number of aliphatic hydroxyl groups is 1. The molecule has 2 atom stereocenters. The topological polar surface area (TPSA) is 53.0 Å². The number of hydrogen-bond acceptors (Lipinski definition) is 4. The smallest absolute Gasteiger partial charge is 0.223 e. The van der Waals surface area contributed by atoms with Crippen LogP contribution < -0.4 is 4.74 Å². The molecule has 1 aliphatic heterocycles. The Morgan fingerprint density at radius 3 is 2.33 bits per heavy atom.